The minimum absolute atomic E-state index is 0.155. The van der Waals surface area contributed by atoms with Gasteiger partial charge in [0.25, 0.3) is 0 Å². The molecule has 2 N–H and O–H groups in total. The van der Waals surface area contributed by atoms with E-state index < -0.39 is 57.8 Å². The van der Waals surface area contributed by atoms with Crippen molar-refractivity contribution in [1.82, 2.24) is 0 Å². The normalized spacial score (nSPS) is 13.8. The number of phosphoric ester groups is 1. The number of rotatable bonds is 59. The van der Waals surface area contributed by atoms with Gasteiger partial charge in [-0.25, -0.2) is 4.57 Å². The lowest BCUT2D eigenvalue weighted by atomic mass is 10.1. The molecule has 0 bridgehead atoms. The predicted molar refractivity (Wildman–Crippen MR) is 325 cm³/mol. The summed E-state index contributed by atoms with van der Waals surface area (Å²) in [4.78, 5) is 48.7. The molecular formula is C66H117O11P. The Labute approximate surface area is 478 Å². The summed E-state index contributed by atoms with van der Waals surface area (Å²) >= 11 is 0. The van der Waals surface area contributed by atoms with Gasteiger partial charge in [0.05, 0.1) is 19.8 Å². The molecule has 0 fully saturated rings. The van der Waals surface area contributed by atoms with E-state index in [1.54, 1.807) is 0 Å². The molecule has 0 aliphatic rings. The smallest absolute Gasteiger partial charge is 0.462 e. The lowest BCUT2D eigenvalue weighted by Crippen LogP contribution is -2.30. The van der Waals surface area contributed by atoms with Crippen LogP contribution in [0.5, 0.6) is 0 Å². The fourth-order valence-corrected chi connectivity index (χ4v) is 9.53. The third kappa shape index (κ3) is 57.6. The van der Waals surface area contributed by atoms with Crippen LogP contribution in [0.1, 0.15) is 290 Å². The van der Waals surface area contributed by atoms with Crippen LogP contribution in [0.3, 0.4) is 0 Å². The molecule has 78 heavy (non-hydrogen) atoms. The molecule has 0 aliphatic carbocycles. The number of aliphatic hydroxyl groups excluding tert-OH is 1. The van der Waals surface area contributed by atoms with Crippen LogP contribution in [0, 0.1) is 0 Å². The van der Waals surface area contributed by atoms with Gasteiger partial charge >= 0.3 is 25.7 Å². The Hall–Kier alpha value is -3.08. The minimum atomic E-state index is -4.76. The molecule has 0 aromatic heterocycles. The number of esters is 3. The van der Waals surface area contributed by atoms with Crippen LogP contribution in [0.4, 0.5) is 0 Å². The molecule has 0 saturated heterocycles. The van der Waals surface area contributed by atoms with Crippen molar-refractivity contribution in [1.29, 1.82) is 0 Å². The number of ether oxygens (including phenoxy) is 3. The van der Waals surface area contributed by atoms with Crippen molar-refractivity contribution in [2.45, 2.75) is 303 Å². The Morgan fingerprint density at radius 3 is 1.08 bits per heavy atom. The number of aliphatic hydroxyl groups is 1. The molecule has 3 unspecified atom stereocenters. The van der Waals surface area contributed by atoms with Crippen molar-refractivity contribution in [2.75, 3.05) is 26.4 Å². The van der Waals surface area contributed by atoms with Gasteiger partial charge < -0.3 is 24.2 Å². The summed E-state index contributed by atoms with van der Waals surface area (Å²) in [6.45, 7) is 4.50. The van der Waals surface area contributed by atoms with Crippen molar-refractivity contribution < 1.29 is 52.2 Å². The molecule has 3 atom stereocenters. The Kier molecular flexibility index (Phi) is 57.7. The topological polar surface area (TPSA) is 155 Å². The van der Waals surface area contributed by atoms with Gasteiger partial charge in [-0.1, -0.05) is 235 Å². The van der Waals surface area contributed by atoms with Gasteiger partial charge in [-0.05, 0) is 109 Å². The van der Waals surface area contributed by atoms with Gasteiger partial charge in [-0.3, -0.25) is 23.4 Å². The maximum Gasteiger partial charge on any atom is 0.472 e. The Morgan fingerprint density at radius 1 is 0.372 bits per heavy atom. The molecule has 11 nitrogen and oxygen atoms in total. The van der Waals surface area contributed by atoms with Crippen LogP contribution in [-0.2, 0) is 42.2 Å². The lowest BCUT2D eigenvalue weighted by Gasteiger charge is -2.21. The molecule has 0 saturated carbocycles. The van der Waals surface area contributed by atoms with Crippen molar-refractivity contribution >= 4 is 25.7 Å². The van der Waals surface area contributed by atoms with E-state index in [1.165, 1.54) is 141 Å². The summed E-state index contributed by atoms with van der Waals surface area (Å²) in [6, 6.07) is 0. The maximum atomic E-state index is 12.9. The largest absolute Gasteiger partial charge is 0.472 e. The van der Waals surface area contributed by atoms with Crippen molar-refractivity contribution in [3.63, 3.8) is 0 Å². The number of phosphoric acid groups is 1. The van der Waals surface area contributed by atoms with Gasteiger partial charge in [0.2, 0.25) is 0 Å². The Morgan fingerprint density at radius 2 is 0.667 bits per heavy atom. The predicted octanol–water partition coefficient (Wildman–Crippen LogP) is 19.3. The number of carbonyl (C=O) groups is 3. The van der Waals surface area contributed by atoms with Crippen LogP contribution < -0.4 is 0 Å². The quantitative estimate of drug-likeness (QED) is 0.0197. The molecule has 0 aromatic rings. The van der Waals surface area contributed by atoms with Crippen LogP contribution in [0.25, 0.3) is 0 Å². The van der Waals surface area contributed by atoms with E-state index in [-0.39, 0.29) is 25.9 Å². The number of allylic oxidation sites excluding steroid dienone is 12. The maximum absolute atomic E-state index is 12.9. The molecule has 0 rings (SSSR count). The van der Waals surface area contributed by atoms with Crippen LogP contribution in [0.15, 0.2) is 72.9 Å². The second-order valence-corrected chi connectivity index (χ2v) is 22.6. The number of unbranched alkanes of at least 4 members (excludes halogenated alkanes) is 30. The highest BCUT2D eigenvalue weighted by Gasteiger charge is 2.28. The number of hydrogen-bond acceptors (Lipinski definition) is 10. The molecule has 0 heterocycles. The molecule has 12 heteroatoms. The first-order chi connectivity index (χ1) is 38.2. The van der Waals surface area contributed by atoms with Crippen LogP contribution in [0.2, 0.25) is 0 Å². The third-order valence-corrected chi connectivity index (χ3v) is 14.5. The molecule has 0 radical (unpaired) electrons. The SMILES string of the molecule is CC/C=C\C/C=C\C/C=C\CCCCCC(=O)OCC(COP(=O)(O)OCC(CO)OC(=O)CCCCCCCCCCC/C=C\CCCCCCCC)OC(=O)CCCCCCCCCCC/C=C\C/C=C\CCCCC. The monoisotopic (exact) mass is 1120 g/mol. The van der Waals surface area contributed by atoms with Crippen molar-refractivity contribution in [2.24, 2.45) is 0 Å². The molecule has 0 aliphatic heterocycles. The lowest BCUT2D eigenvalue weighted by molar-refractivity contribution is -0.161. The second-order valence-electron chi connectivity index (χ2n) is 21.2. The Bertz CT molecular complexity index is 1590. The molecule has 452 valence electrons. The Balaban J connectivity index is 4.66. The molecule has 0 aromatic carbocycles. The van der Waals surface area contributed by atoms with E-state index in [9.17, 15) is 28.9 Å². The van der Waals surface area contributed by atoms with E-state index in [2.05, 4.69) is 93.7 Å². The summed E-state index contributed by atoms with van der Waals surface area (Å²) in [5.41, 5.74) is 0. The number of carbonyl (C=O) groups excluding carboxylic acids is 3. The zero-order valence-electron chi connectivity index (χ0n) is 50.1. The van der Waals surface area contributed by atoms with Crippen molar-refractivity contribution in [3.8, 4) is 0 Å². The zero-order chi connectivity index (χ0) is 56.9. The highest BCUT2D eigenvalue weighted by atomic mass is 31.2. The fraction of sp³-hybridized carbons (Fsp3) is 0.773. The first-order valence-electron chi connectivity index (χ1n) is 31.8. The standard InChI is InChI=1S/C66H117O11P/c1-4-7-10-13-16-19-22-25-27-29-31-33-35-38-41-44-47-50-53-56-65(69)76-62(58-67)60-74-78(71,72)75-61-63(59-73-64(68)55-52-49-46-43-40-37-24-21-18-15-12-9-6-3)77-66(70)57-54-51-48-45-42-39-36-34-32-30-28-26-23-20-17-14-11-8-5-2/h9,12,17-18,20-21,25-28,37,40,62-63,67H,4-8,10-11,13-16,19,22-24,29-36,38-39,41-61H2,1-3H3,(H,71,72)/b12-9-,20-17-,21-18-,27-25-,28-26-,40-37-. The zero-order valence-corrected chi connectivity index (χ0v) is 51.0. The highest BCUT2D eigenvalue weighted by Crippen LogP contribution is 2.43. The van der Waals surface area contributed by atoms with E-state index >= 15 is 0 Å². The van der Waals surface area contributed by atoms with E-state index in [1.807, 2.05) is 0 Å². The van der Waals surface area contributed by atoms with Gasteiger partial charge in [-0.2, -0.15) is 0 Å². The average Bonchev–Trinajstić information content (AvgIpc) is 3.43. The first kappa shape index (κ1) is 74.9. The van der Waals surface area contributed by atoms with Crippen LogP contribution in [-0.4, -0.2) is 66.5 Å². The summed E-state index contributed by atoms with van der Waals surface area (Å²) in [7, 11) is -4.76. The first-order valence-corrected chi connectivity index (χ1v) is 33.3. The van der Waals surface area contributed by atoms with Crippen LogP contribution >= 0.6 is 7.82 Å². The van der Waals surface area contributed by atoms with E-state index in [4.69, 9.17) is 23.3 Å². The summed E-state index contributed by atoms with van der Waals surface area (Å²) in [6.07, 6.45) is 68.6. The summed E-state index contributed by atoms with van der Waals surface area (Å²) < 4.78 is 39.6. The molecule has 0 spiro atoms. The minimum Gasteiger partial charge on any atom is -0.462 e. The van der Waals surface area contributed by atoms with E-state index in [0.29, 0.717) is 19.3 Å². The summed E-state index contributed by atoms with van der Waals surface area (Å²) in [5, 5.41) is 9.85. The van der Waals surface area contributed by atoms with Gasteiger partial charge in [0.1, 0.15) is 12.7 Å². The number of hydrogen-bond donors (Lipinski definition) is 2. The average molecular weight is 1120 g/mol. The van der Waals surface area contributed by atoms with E-state index in [0.717, 1.165) is 89.9 Å². The third-order valence-electron chi connectivity index (χ3n) is 13.6. The fourth-order valence-electron chi connectivity index (χ4n) is 8.75. The second kappa shape index (κ2) is 60.0. The van der Waals surface area contributed by atoms with Gasteiger partial charge in [-0.15, -0.1) is 0 Å². The van der Waals surface area contributed by atoms with Gasteiger partial charge in [0.15, 0.2) is 6.10 Å². The molecule has 0 amide bonds. The highest BCUT2D eigenvalue weighted by molar-refractivity contribution is 7.47. The summed E-state index contributed by atoms with van der Waals surface area (Å²) in [5.74, 6) is -1.50. The van der Waals surface area contributed by atoms with Gasteiger partial charge in [0, 0.05) is 19.3 Å². The van der Waals surface area contributed by atoms with Crippen molar-refractivity contribution in [3.05, 3.63) is 72.9 Å². The molecular weight excluding hydrogens is 1000 g/mol.